The zero-order valence-corrected chi connectivity index (χ0v) is 16.3. The summed E-state index contributed by atoms with van der Waals surface area (Å²) in [5.41, 5.74) is 1.42. The van der Waals surface area contributed by atoms with Gasteiger partial charge in [-0.15, -0.1) is 11.3 Å². The van der Waals surface area contributed by atoms with E-state index in [1.54, 1.807) is 17.7 Å². The molecule has 4 nitrogen and oxygen atoms in total. The van der Waals surface area contributed by atoms with Crippen LogP contribution in [0.5, 0.6) is 0 Å². The molecule has 0 N–H and O–H groups in total. The van der Waals surface area contributed by atoms with Crippen molar-refractivity contribution in [2.45, 2.75) is 81.1 Å². The molecule has 0 bridgehead atoms. The average Bonchev–Trinajstić information content (AvgIpc) is 3.02. The highest BCUT2D eigenvalue weighted by molar-refractivity contribution is 8.00. The van der Waals surface area contributed by atoms with E-state index >= 15 is 0 Å². The summed E-state index contributed by atoms with van der Waals surface area (Å²) in [5, 5.41) is 1.89. The lowest BCUT2D eigenvalue weighted by atomic mass is 9.97. The summed E-state index contributed by atoms with van der Waals surface area (Å²) in [6.45, 7) is 1.93. The van der Waals surface area contributed by atoms with E-state index in [-0.39, 0.29) is 17.3 Å². The Labute approximate surface area is 156 Å². The molecule has 0 spiro atoms. The predicted octanol–water partition coefficient (Wildman–Crippen LogP) is 4.93. The summed E-state index contributed by atoms with van der Waals surface area (Å²) in [7, 11) is 0. The molecule has 0 unspecified atom stereocenters. The lowest BCUT2D eigenvalue weighted by Gasteiger charge is -2.23. The van der Waals surface area contributed by atoms with Gasteiger partial charge in [0.15, 0.2) is 0 Å². The number of esters is 1. The van der Waals surface area contributed by atoms with E-state index in [0.717, 1.165) is 35.5 Å². The zero-order valence-electron chi connectivity index (χ0n) is 14.6. The van der Waals surface area contributed by atoms with Gasteiger partial charge in [0.25, 0.3) is 0 Å². The molecule has 2 aromatic rings. The highest BCUT2D eigenvalue weighted by Gasteiger charge is 2.25. The fourth-order valence-electron chi connectivity index (χ4n) is 3.81. The molecule has 134 valence electrons. The van der Waals surface area contributed by atoms with E-state index in [1.165, 1.54) is 59.7 Å². The van der Waals surface area contributed by atoms with Gasteiger partial charge in [-0.3, -0.25) is 4.79 Å². The Kier molecular flexibility index (Phi) is 5.27. The van der Waals surface area contributed by atoms with Crippen molar-refractivity contribution in [1.82, 2.24) is 9.97 Å². The monoisotopic (exact) mass is 376 g/mol. The minimum absolute atomic E-state index is 0.104. The van der Waals surface area contributed by atoms with Crippen LogP contribution in [0.1, 0.15) is 62.3 Å². The first-order chi connectivity index (χ1) is 12.2. The van der Waals surface area contributed by atoms with Crippen LogP contribution in [0.25, 0.3) is 10.2 Å². The normalized spacial score (nSPS) is 19.6. The summed E-state index contributed by atoms with van der Waals surface area (Å²) < 4.78 is 5.73. The van der Waals surface area contributed by atoms with Crippen LogP contribution in [-0.2, 0) is 22.4 Å². The fourth-order valence-corrected chi connectivity index (χ4v) is 6.04. The first-order valence-electron chi connectivity index (χ1n) is 9.35. The first-order valence-corrected chi connectivity index (χ1v) is 11.0. The van der Waals surface area contributed by atoms with E-state index < -0.39 is 0 Å². The number of carbonyl (C=O) groups excluding carboxylic acids is 1. The summed E-state index contributed by atoms with van der Waals surface area (Å²) in [5.74, 6) is -0.104. The van der Waals surface area contributed by atoms with E-state index in [1.807, 2.05) is 6.92 Å². The van der Waals surface area contributed by atoms with Crippen LogP contribution >= 0.6 is 23.1 Å². The van der Waals surface area contributed by atoms with Crippen LogP contribution < -0.4 is 0 Å². The van der Waals surface area contributed by atoms with Crippen molar-refractivity contribution in [2.75, 3.05) is 0 Å². The number of rotatable bonds is 4. The van der Waals surface area contributed by atoms with Gasteiger partial charge in [-0.25, -0.2) is 9.97 Å². The topological polar surface area (TPSA) is 52.1 Å². The molecule has 1 fully saturated rings. The Morgan fingerprint density at radius 2 is 2.00 bits per heavy atom. The van der Waals surface area contributed by atoms with E-state index in [4.69, 9.17) is 4.74 Å². The Balaban J connectivity index is 1.51. The van der Waals surface area contributed by atoms with Crippen LogP contribution in [0, 0.1) is 0 Å². The molecule has 0 radical (unpaired) electrons. The van der Waals surface area contributed by atoms with Gasteiger partial charge in [0.1, 0.15) is 27.5 Å². The van der Waals surface area contributed by atoms with Gasteiger partial charge in [0, 0.05) is 10.3 Å². The zero-order chi connectivity index (χ0) is 17.2. The van der Waals surface area contributed by atoms with Crippen molar-refractivity contribution >= 4 is 39.3 Å². The summed E-state index contributed by atoms with van der Waals surface area (Å²) in [6, 6.07) is 0. The Morgan fingerprint density at radius 3 is 2.84 bits per heavy atom. The molecule has 0 aromatic carbocycles. The Morgan fingerprint density at radius 1 is 1.20 bits per heavy atom. The number of hydrogen-bond acceptors (Lipinski definition) is 6. The van der Waals surface area contributed by atoms with Crippen LogP contribution in [0.4, 0.5) is 0 Å². The van der Waals surface area contributed by atoms with Gasteiger partial charge in [-0.2, -0.15) is 0 Å². The van der Waals surface area contributed by atoms with Gasteiger partial charge in [0.2, 0.25) is 0 Å². The molecular formula is C19H24N2O2S2. The lowest BCUT2D eigenvalue weighted by molar-refractivity contribution is -0.149. The van der Waals surface area contributed by atoms with Crippen molar-refractivity contribution in [3.63, 3.8) is 0 Å². The van der Waals surface area contributed by atoms with E-state index in [0.29, 0.717) is 0 Å². The maximum absolute atomic E-state index is 12.5. The van der Waals surface area contributed by atoms with E-state index in [2.05, 4.69) is 9.97 Å². The van der Waals surface area contributed by atoms with Gasteiger partial charge in [-0.05, 0) is 63.9 Å². The second-order valence-electron chi connectivity index (χ2n) is 7.03. The van der Waals surface area contributed by atoms with Crippen molar-refractivity contribution in [3.8, 4) is 0 Å². The highest BCUT2D eigenvalue weighted by Crippen LogP contribution is 2.40. The minimum atomic E-state index is -0.237. The third kappa shape index (κ3) is 3.70. The SMILES string of the molecule is C[C@@H](Sc1ncnc2sc3c(c12)CCCC3)C(=O)OC1CCCCC1. The van der Waals surface area contributed by atoms with Gasteiger partial charge < -0.3 is 4.74 Å². The number of hydrogen-bond donors (Lipinski definition) is 0. The molecule has 0 saturated heterocycles. The fraction of sp³-hybridized carbons (Fsp3) is 0.632. The molecule has 2 aromatic heterocycles. The molecule has 2 heterocycles. The quantitative estimate of drug-likeness (QED) is 0.430. The molecule has 2 aliphatic carbocycles. The second-order valence-corrected chi connectivity index (χ2v) is 9.44. The molecule has 1 saturated carbocycles. The third-order valence-electron chi connectivity index (χ3n) is 5.17. The third-order valence-corrected chi connectivity index (χ3v) is 7.45. The Bertz CT molecular complexity index is 768. The summed E-state index contributed by atoms with van der Waals surface area (Å²) >= 11 is 3.33. The van der Waals surface area contributed by atoms with Crippen LogP contribution in [0.2, 0.25) is 0 Å². The number of nitrogens with zero attached hydrogens (tertiary/aromatic N) is 2. The standard InChI is InChI=1S/C19H24N2O2S2/c1-12(19(22)23-13-7-3-2-4-8-13)24-17-16-14-9-5-6-10-15(14)25-18(16)21-11-20-17/h11-13H,2-10H2,1H3/t12-/m1/s1. The largest absolute Gasteiger partial charge is 0.462 e. The van der Waals surface area contributed by atoms with Crippen LogP contribution in [-0.4, -0.2) is 27.3 Å². The molecule has 6 heteroatoms. The Hall–Kier alpha value is -1.14. The molecule has 1 atom stereocenters. The molecule has 25 heavy (non-hydrogen) atoms. The van der Waals surface area contributed by atoms with Crippen molar-refractivity contribution in [3.05, 3.63) is 16.8 Å². The van der Waals surface area contributed by atoms with Crippen LogP contribution in [0.15, 0.2) is 11.4 Å². The van der Waals surface area contributed by atoms with Crippen molar-refractivity contribution in [2.24, 2.45) is 0 Å². The number of thiophene rings is 1. The van der Waals surface area contributed by atoms with Gasteiger partial charge in [-0.1, -0.05) is 18.2 Å². The number of ether oxygens (including phenoxy) is 1. The predicted molar refractivity (Wildman–Crippen MR) is 102 cm³/mol. The number of thioether (sulfide) groups is 1. The van der Waals surface area contributed by atoms with E-state index in [9.17, 15) is 4.79 Å². The number of fused-ring (bicyclic) bond motifs is 3. The summed E-state index contributed by atoms with van der Waals surface area (Å²) in [4.78, 5) is 24.0. The van der Waals surface area contributed by atoms with Gasteiger partial charge >= 0.3 is 5.97 Å². The smallest absolute Gasteiger partial charge is 0.319 e. The maximum atomic E-state index is 12.5. The lowest BCUT2D eigenvalue weighted by Crippen LogP contribution is -2.26. The maximum Gasteiger partial charge on any atom is 0.319 e. The molecule has 0 aliphatic heterocycles. The van der Waals surface area contributed by atoms with Crippen molar-refractivity contribution < 1.29 is 9.53 Å². The number of aryl methyl sites for hydroxylation is 2. The molecular weight excluding hydrogens is 352 g/mol. The molecule has 4 rings (SSSR count). The molecule has 2 aliphatic rings. The minimum Gasteiger partial charge on any atom is -0.462 e. The number of aromatic nitrogens is 2. The van der Waals surface area contributed by atoms with Crippen LogP contribution in [0.3, 0.4) is 0 Å². The van der Waals surface area contributed by atoms with Crippen molar-refractivity contribution in [1.29, 1.82) is 0 Å². The van der Waals surface area contributed by atoms with Gasteiger partial charge in [0.05, 0.1) is 0 Å². The molecule has 0 amide bonds. The first kappa shape index (κ1) is 17.3. The second kappa shape index (κ2) is 7.62. The average molecular weight is 377 g/mol. The number of carbonyl (C=O) groups is 1. The summed E-state index contributed by atoms with van der Waals surface area (Å²) in [6.07, 6.45) is 12.1. The highest BCUT2D eigenvalue weighted by atomic mass is 32.2.